The van der Waals surface area contributed by atoms with Gasteiger partial charge in [0.2, 0.25) is 0 Å². The van der Waals surface area contributed by atoms with Gasteiger partial charge in [-0.05, 0) is 12.5 Å². The molecule has 1 fully saturated rings. The zero-order valence-corrected chi connectivity index (χ0v) is 15.3. The lowest BCUT2D eigenvalue weighted by molar-refractivity contribution is -0.136. The topological polar surface area (TPSA) is 53.1 Å². The fraction of sp³-hybridized carbons (Fsp3) is 0.474. The Hall–Kier alpha value is -2.34. The Balaban J connectivity index is 1.79. The van der Waals surface area contributed by atoms with Crippen LogP contribution >= 0.6 is 0 Å². The Bertz CT molecular complexity index is 608. The summed E-state index contributed by atoms with van der Waals surface area (Å²) in [6, 6.07) is 10.0. The van der Waals surface area contributed by atoms with E-state index in [2.05, 4.69) is 4.90 Å². The molecule has 6 nitrogen and oxygen atoms in total. The third-order valence-electron chi connectivity index (χ3n) is 4.39. The van der Waals surface area contributed by atoms with Crippen molar-refractivity contribution in [2.24, 2.45) is 0 Å². The van der Waals surface area contributed by atoms with Gasteiger partial charge >= 0.3 is 12.0 Å². The number of ether oxygens (including phenoxy) is 1. The zero-order chi connectivity index (χ0) is 18.2. The van der Waals surface area contributed by atoms with Crippen LogP contribution in [0.25, 0.3) is 0 Å². The van der Waals surface area contributed by atoms with Crippen molar-refractivity contribution in [3.8, 4) is 0 Å². The number of benzene rings is 1. The summed E-state index contributed by atoms with van der Waals surface area (Å²) in [7, 11) is 3.22. The predicted octanol–water partition coefficient (Wildman–Crippen LogP) is 1.98. The second-order valence-corrected chi connectivity index (χ2v) is 6.29. The third kappa shape index (κ3) is 5.60. The molecule has 1 aliphatic heterocycles. The third-order valence-corrected chi connectivity index (χ3v) is 4.39. The van der Waals surface area contributed by atoms with Crippen LogP contribution in [0.5, 0.6) is 0 Å². The zero-order valence-electron chi connectivity index (χ0n) is 15.3. The van der Waals surface area contributed by atoms with Crippen LogP contribution in [0.15, 0.2) is 42.0 Å². The number of esters is 1. The van der Waals surface area contributed by atoms with E-state index in [1.165, 1.54) is 7.11 Å². The lowest BCUT2D eigenvalue weighted by atomic mass is 10.2. The Morgan fingerprint density at radius 3 is 2.40 bits per heavy atom. The number of urea groups is 1. The summed E-state index contributed by atoms with van der Waals surface area (Å²) in [4.78, 5) is 29.8. The second-order valence-electron chi connectivity index (χ2n) is 6.29. The fourth-order valence-electron chi connectivity index (χ4n) is 2.80. The maximum absolute atomic E-state index is 12.6. The molecule has 25 heavy (non-hydrogen) atoms. The minimum absolute atomic E-state index is 0.0600. The van der Waals surface area contributed by atoms with Crippen LogP contribution in [-0.2, 0) is 16.1 Å². The predicted molar refractivity (Wildman–Crippen MR) is 97.1 cm³/mol. The van der Waals surface area contributed by atoms with Crippen LogP contribution in [0.1, 0.15) is 12.5 Å². The lowest BCUT2D eigenvalue weighted by Gasteiger charge is -2.36. The largest absolute Gasteiger partial charge is 0.466 e. The Morgan fingerprint density at radius 1 is 1.16 bits per heavy atom. The molecular formula is C19H27N3O3. The summed E-state index contributed by atoms with van der Waals surface area (Å²) in [5, 5.41) is 0. The Kier molecular flexibility index (Phi) is 7.01. The molecule has 0 N–H and O–H groups in total. The number of methoxy groups -OCH3 is 1. The highest BCUT2D eigenvalue weighted by Gasteiger charge is 2.23. The van der Waals surface area contributed by atoms with Gasteiger partial charge in [0.15, 0.2) is 0 Å². The number of piperazine rings is 1. The van der Waals surface area contributed by atoms with E-state index in [0.717, 1.165) is 18.7 Å². The molecule has 1 aliphatic rings. The van der Waals surface area contributed by atoms with Gasteiger partial charge in [-0.1, -0.05) is 36.4 Å². The highest BCUT2D eigenvalue weighted by Crippen LogP contribution is 2.09. The number of carbonyl (C=O) groups excluding carboxylic acids is 2. The molecule has 0 saturated carbocycles. The molecule has 2 amide bonds. The van der Waals surface area contributed by atoms with Crippen molar-refractivity contribution in [2.75, 3.05) is 46.9 Å². The average molecular weight is 345 g/mol. The lowest BCUT2D eigenvalue weighted by Crippen LogP contribution is -2.51. The molecule has 0 atom stereocenters. The molecule has 6 heteroatoms. The second kappa shape index (κ2) is 9.22. The van der Waals surface area contributed by atoms with Gasteiger partial charge in [0.05, 0.1) is 7.11 Å². The summed E-state index contributed by atoms with van der Waals surface area (Å²) in [5.41, 5.74) is 1.74. The smallest absolute Gasteiger partial charge is 0.333 e. The molecule has 1 saturated heterocycles. The normalized spacial score (nSPS) is 15.8. The van der Waals surface area contributed by atoms with E-state index in [-0.39, 0.29) is 12.0 Å². The van der Waals surface area contributed by atoms with E-state index in [1.807, 2.05) is 48.4 Å². The van der Waals surface area contributed by atoms with Crippen molar-refractivity contribution in [3.05, 3.63) is 47.5 Å². The molecule has 1 aromatic rings. The highest BCUT2D eigenvalue weighted by molar-refractivity contribution is 5.87. The van der Waals surface area contributed by atoms with Crippen molar-refractivity contribution in [2.45, 2.75) is 13.5 Å². The molecule has 0 bridgehead atoms. The molecule has 0 aromatic heterocycles. The number of nitrogens with zero attached hydrogens (tertiary/aromatic N) is 3. The van der Waals surface area contributed by atoms with Crippen LogP contribution in [0.2, 0.25) is 0 Å². The summed E-state index contributed by atoms with van der Waals surface area (Å²) < 4.78 is 4.69. The van der Waals surface area contributed by atoms with E-state index in [9.17, 15) is 9.59 Å². The van der Waals surface area contributed by atoms with Crippen LogP contribution in [0.4, 0.5) is 4.79 Å². The van der Waals surface area contributed by atoms with Gasteiger partial charge in [0.25, 0.3) is 0 Å². The van der Waals surface area contributed by atoms with Crippen LogP contribution in [0, 0.1) is 0 Å². The van der Waals surface area contributed by atoms with Gasteiger partial charge in [-0.2, -0.15) is 0 Å². The minimum Gasteiger partial charge on any atom is -0.466 e. The van der Waals surface area contributed by atoms with Gasteiger partial charge in [-0.15, -0.1) is 0 Å². The first-order chi connectivity index (χ1) is 12.0. The summed E-state index contributed by atoms with van der Waals surface area (Å²) >= 11 is 0. The maximum Gasteiger partial charge on any atom is 0.333 e. The molecule has 0 aliphatic carbocycles. The monoisotopic (exact) mass is 345 g/mol. The van der Waals surface area contributed by atoms with Crippen LogP contribution in [-0.4, -0.2) is 73.6 Å². The van der Waals surface area contributed by atoms with Crippen molar-refractivity contribution in [1.29, 1.82) is 0 Å². The first-order valence-electron chi connectivity index (χ1n) is 8.52. The van der Waals surface area contributed by atoms with Crippen molar-refractivity contribution >= 4 is 12.0 Å². The van der Waals surface area contributed by atoms with Gasteiger partial charge < -0.3 is 14.5 Å². The van der Waals surface area contributed by atoms with E-state index in [0.29, 0.717) is 31.8 Å². The average Bonchev–Trinajstić information content (AvgIpc) is 2.66. The molecule has 0 spiro atoms. The molecule has 2 rings (SSSR count). The van der Waals surface area contributed by atoms with Crippen molar-refractivity contribution in [1.82, 2.24) is 14.7 Å². The SMILES string of the molecule is COC(=O)C(C)=CCN1CCN(C(=O)N(C)Cc2ccccc2)CC1. The van der Waals surface area contributed by atoms with Gasteiger partial charge in [0, 0.05) is 51.9 Å². The maximum atomic E-state index is 12.6. The number of amides is 2. The van der Waals surface area contributed by atoms with E-state index < -0.39 is 0 Å². The van der Waals surface area contributed by atoms with Gasteiger partial charge in [-0.25, -0.2) is 9.59 Å². The number of hydrogen-bond donors (Lipinski definition) is 0. The van der Waals surface area contributed by atoms with E-state index in [4.69, 9.17) is 4.74 Å². The van der Waals surface area contributed by atoms with Gasteiger partial charge in [-0.3, -0.25) is 4.90 Å². The summed E-state index contributed by atoms with van der Waals surface area (Å²) in [6.45, 7) is 6.06. The molecule has 0 radical (unpaired) electrons. The number of hydrogen-bond acceptors (Lipinski definition) is 4. The van der Waals surface area contributed by atoms with Crippen LogP contribution < -0.4 is 0 Å². The number of carbonyl (C=O) groups is 2. The first-order valence-corrected chi connectivity index (χ1v) is 8.52. The quantitative estimate of drug-likeness (QED) is 0.605. The molecule has 1 heterocycles. The minimum atomic E-state index is -0.295. The van der Waals surface area contributed by atoms with Crippen molar-refractivity contribution in [3.63, 3.8) is 0 Å². The molecular weight excluding hydrogens is 318 g/mol. The molecule has 1 aromatic carbocycles. The Labute approximate surface area is 149 Å². The molecule has 0 unspecified atom stereocenters. The van der Waals surface area contributed by atoms with E-state index in [1.54, 1.807) is 11.8 Å². The summed E-state index contributed by atoms with van der Waals surface area (Å²) in [6.07, 6.45) is 1.88. The van der Waals surface area contributed by atoms with Crippen LogP contribution in [0.3, 0.4) is 0 Å². The highest BCUT2D eigenvalue weighted by atomic mass is 16.5. The van der Waals surface area contributed by atoms with Gasteiger partial charge in [0.1, 0.15) is 0 Å². The summed E-state index contributed by atoms with van der Waals surface area (Å²) in [5.74, 6) is -0.295. The van der Waals surface area contributed by atoms with Crippen molar-refractivity contribution < 1.29 is 14.3 Å². The first kappa shape index (κ1) is 19.0. The fourth-order valence-corrected chi connectivity index (χ4v) is 2.80. The number of rotatable bonds is 5. The van der Waals surface area contributed by atoms with E-state index >= 15 is 0 Å². The standard InChI is InChI=1S/C19H27N3O3/c1-16(18(23)25-3)9-10-21-11-13-22(14-12-21)19(24)20(2)15-17-7-5-4-6-8-17/h4-9H,10-15H2,1-3H3. The molecule has 136 valence electrons. The Morgan fingerprint density at radius 2 is 1.80 bits per heavy atom.